The van der Waals surface area contributed by atoms with Crippen LogP contribution in [-0.2, 0) is 23.0 Å². The molecule has 0 saturated carbocycles. The number of methoxy groups -OCH3 is 2. The molecule has 2 bridgehead atoms. The first-order valence-electron chi connectivity index (χ1n) is 9.54. The fourth-order valence-electron chi connectivity index (χ4n) is 4.34. The van der Waals surface area contributed by atoms with Gasteiger partial charge in [-0.2, -0.15) is 4.31 Å². The molecule has 2 aliphatic rings. The van der Waals surface area contributed by atoms with E-state index in [0.29, 0.717) is 24.5 Å². The molecule has 8 nitrogen and oxygen atoms in total. The van der Waals surface area contributed by atoms with Gasteiger partial charge in [0.05, 0.1) is 14.2 Å². The molecule has 152 valence electrons. The van der Waals surface area contributed by atoms with Crippen LogP contribution in [0.3, 0.4) is 0 Å². The lowest BCUT2D eigenvalue weighted by Crippen LogP contribution is -2.42. The molecule has 0 unspecified atom stereocenters. The number of hydrogen-bond acceptors (Lipinski definition) is 6. The van der Waals surface area contributed by atoms with E-state index in [0.717, 1.165) is 24.5 Å². The van der Waals surface area contributed by atoms with Gasteiger partial charge in [0.25, 0.3) is 0 Å². The zero-order valence-corrected chi connectivity index (χ0v) is 17.4. The predicted molar refractivity (Wildman–Crippen MR) is 103 cm³/mol. The molecular weight excluding hydrogens is 380 g/mol. The zero-order valence-electron chi connectivity index (χ0n) is 16.6. The molecule has 1 fully saturated rings. The standard InChI is InChI=1S/C19H26N4O4S/c1-12(2)19-21-20-18-9-13-5-6-14(11-22(18)19)23(13)28(24,25)17-10-15(26-3)7-8-16(17)27-4/h7-8,10,12-14H,5-6,9,11H2,1-4H3/t13-,14+/m0/s1. The predicted octanol–water partition coefficient (Wildman–Crippen LogP) is 2.20. The molecular formula is C19H26N4O4S. The Morgan fingerprint density at radius 1 is 1.11 bits per heavy atom. The van der Waals surface area contributed by atoms with Crippen LogP contribution < -0.4 is 9.47 Å². The zero-order chi connectivity index (χ0) is 20.1. The largest absolute Gasteiger partial charge is 0.497 e. The van der Waals surface area contributed by atoms with E-state index >= 15 is 0 Å². The molecule has 28 heavy (non-hydrogen) atoms. The number of ether oxygens (including phenoxy) is 2. The van der Waals surface area contributed by atoms with Crippen molar-refractivity contribution in [2.75, 3.05) is 14.2 Å². The molecule has 1 aromatic carbocycles. The lowest BCUT2D eigenvalue weighted by molar-refractivity contribution is 0.310. The minimum absolute atomic E-state index is 0.124. The maximum absolute atomic E-state index is 13.7. The van der Waals surface area contributed by atoms with Gasteiger partial charge >= 0.3 is 0 Å². The minimum atomic E-state index is -3.76. The van der Waals surface area contributed by atoms with Crippen molar-refractivity contribution in [2.45, 2.75) is 62.6 Å². The Labute approximate surface area is 165 Å². The molecule has 3 heterocycles. The SMILES string of the molecule is COc1ccc(OC)c(S(=O)(=O)N2[C@@H]3CC[C@H]2Cc2nnc(C(C)C)n2C3)c1. The van der Waals surface area contributed by atoms with Gasteiger partial charge in [-0.05, 0) is 25.0 Å². The Morgan fingerprint density at radius 2 is 1.86 bits per heavy atom. The number of nitrogens with zero attached hydrogens (tertiary/aromatic N) is 4. The highest BCUT2D eigenvalue weighted by Crippen LogP contribution is 2.39. The van der Waals surface area contributed by atoms with Crippen molar-refractivity contribution in [1.29, 1.82) is 0 Å². The number of rotatable bonds is 5. The van der Waals surface area contributed by atoms with Crippen LogP contribution in [0.15, 0.2) is 23.1 Å². The Bertz CT molecular complexity index is 986. The molecule has 1 saturated heterocycles. The number of aromatic nitrogens is 3. The Morgan fingerprint density at radius 3 is 2.54 bits per heavy atom. The van der Waals surface area contributed by atoms with Gasteiger partial charge in [0, 0.05) is 37.0 Å². The molecule has 0 radical (unpaired) electrons. The second-order valence-corrected chi connectivity index (χ2v) is 9.49. The number of benzene rings is 1. The summed E-state index contributed by atoms with van der Waals surface area (Å²) in [7, 11) is -0.757. The topological polar surface area (TPSA) is 86.6 Å². The van der Waals surface area contributed by atoms with Gasteiger partial charge < -0.3 is 14.0 Å². The average molecular weight is 407 g/mol. The van der Waals surface area contributed by atoms with E-state index in [4.69, 9.17) is 9.47 Å². The number of fused-ring (bicyclic) bond motifs is 3. The summed E-state index contributed by atoms with van der Waals surface area (Å²) < 4.78 is 41.8. The van der Waals surface area contributed by atoms with E-state index in [1.807, 2.05) is 0 Å². The third kappa shape index (κ3) is 2.97. The molecule has 9 heteroatoms. The van der Waals surface area contributed by atoms with Gasteiger partial charge in [-0.25, -0.2) is 8.42 Å². The van der Waals surface area contributed by atoms with E-state index in [1.165, 1.54) is 20.3 Å². The first kappa shape index (κ1) is 19.2. The summed E-state index contributed by atoms with van der Waals surface area (Å²) in [5, 5.41) is 8.69. The molecule has 4 rings (SSSR count). The Balaban J connectivity index is 1.76. The average Bonchev–Trinajstić information content (AvgIpc) is 3.21. The normalized spacial score (nSPS) is 22.2. The molecule has 0 amide bonds. The highest BCUT2D eigenvalue weighted by atomic mass is 32.2. The minimum Gasteiger partial charge on any atom is -0.497 e. The maximum Gasteiger partial charge on any atom is 0.247 e. The van der Waals surface area contributed by atoms with Gasteiger partial charge in [0.1, 0.15) is 28.0 Å². The van der Waals surface area contributed by atoms with Crippen LogP contribution in [0.1, 0.15) is 44.3 Å². The number of sulfonamides is 1. The second-order valence-electron chi connectivity index (χ2n) is 7.68. The van der Waals surface area contributed by atoms with Crippen molar-refractivity contribution in [2.24, 2.45) is 0 Å². The molecule has 2 atom stereocenters. The first-order chi connectivity index (χ1) is 13.4. The van der Waals surface area contributed by atoms with Crippen LogP contribution in [0.4, 0.5) is 0 Å². The van der Waals surface area contributed by atoms with Crippen LogP contribution in [0.2, 0.25) is 0 Å². The van der Waals surface area contributed by atoms with Gasteiger partial charge in [-0.15, -0.1) is 10.2 Å². The first-order valence-corrected chi connectivity index (χ1v) is 11.0. The van der Waals surface area contributed by atoms with Crippen LogP contribution in [-0.4, -0.2) is 53.8 Å². The fourth-order valence-corrected chi connectivity index (χ4v) is 6.38. The molecule has 0 N–H and O–H groups in total. The Hall–Kier alpha value is -2.13. The molecule has 2 aliphatic heterocycles. The van der Waals surface area contributed by atoms with Crippen molar-refractivity contribution in [3.05, 3.63) is 29.8 Å². The van der Waals surface area contributed by atoms with Gasteiger partial charge in [-0.3, -0.25) is 0 Å². The number of hydrogen-bond donors (Lipinski definition) is 0. The van der Waals surface area contributed by atoms with Gasteiger partial charge in [0.15, 0.2) is 0 Å². The third-order valence-electron chi connectivity index (χ3n) is 5.66. The summed E-state index contributed by atoms with van der Waals surface area (Å²) >= 11 is 0. The van der Waals surface area contributed by atoms with Crippen molar-refractivity contribution in [1.82, 2.24) is 19.1 Å². The monoisotopic (exact) mass is 406 g/mol. The van der Waals surface area contributed by atoms with Crippen LogP contribution >= 0.6 is 0 Å². The highest BCUT2D eigenvalue weighted by Gasteiger charge is 2.46. The fraction of sp³-hybridized carbons (Fsp3) is 0.579. The van der Waals surface area contributed by atoms with Crippen LogP contribution in [0, 0.1) is 0 Å². The molecule has 1 aromatic heterocycles. The summed E-state index contributed by atoms with van der Waals surface area (Å²) in [4.78, 5) is 0.146. The van der Waals surface area contributed by atoms with Gasteiger partial charge in [-0.1, -0.05) is 13.8 Å². The summed E-state index contributed by atoms with van der Waals surface area (Å²) in [5.74, 6) is 2.83. The lowest BCUT2D eigenvalue weighted by atomic mass is 10.1. The maximum atomic E-state index is 13.7. The van der Waals surface area contributed by atoms with Gasteiger partial charge in [0.2, 0.25) is 10.0 Å². The van der Waals surface area contributed by atoms with E-state index in [9.17, 15) is 8.42 Å². The van der Waals surface area contributed by atoms with Crippen LogP contribution in [0.5, 0.6) is 11.5 Å². The summed E-state index contributed by atoms with van der Waals surface area (Å²) in [6, 6.07) is 4.62. The molecule has 0 spiro atoms. The summed E-state index contributed by atoms with van der Waals surface area (Å²) in [6.07, 6.45) is 2.22. The lowest BCUT2D eigenvalue weighted by Gasteiger charge is -2.28. The van der Waals surface area contributed by atoms with Crippen molar-refractivity contribution >= 4 is 10.0 Å². The second kappa shape index (κ2) is 7.04. The molecule has 0 aliphatic carbocycles. The van der Waals surface area contributed by atoms with Crippen molar-refractivity contribution in [3.63, 3.8) is 0 Å². The van der Waals surface area contributed by atoms with E-state index in [2.05, 4.69) is 28.6 Å². The smallest absolute Gasteiger partial charge is 0.247 e. The Kier molecular flexibility index (Phi) is 4.83. The molecule has 2 aromatic rings. The van der Waals surface area contributed by atoms with Crippen molar-refractivity contribution < 1.29 is 17.9 Å². The van der Waals surface area contributed by atoms with E-state index in [1.54, 1.807) is 16.4 Å². The van der Waals surface area contributed by atoms with E-state index < -0.39 is 10.0 Å². The summed E-state index contributed by atoms with van der Waals surface area (Å²) in [5.41, 5.74) is 0. The highest BCUT2D eigenvalue weighted by molar-refractivity contribution is 7.89. The van der Waals surface area contributed by atoms with E-state index in [-0.39, 0.29) is 22.9 Å². The third-order valence-corrected chi connectivity index (χ3v) is 7.69. The van der Waals surface area contributed by atoms with Crippen LogP contribution in [0.25, 0.3) is 0 Å². The summed E-state index contributed by atoms with van der Waals surface area (Å²) in [6.45, 7) is 4.74. The quantitative estimate of drug-likeness (QED) is 0.757. The van der Waals surface area contributed by atoms with Crippen molar-refractivity contribution in [3.8, 4) is 11.5 Å².